The van der Waals surface area contributed by atoms with Gasteiger partial charge in [-0.3, -0.25) is 0 Å². The minimum atomic E-state index is 0.428. The Labute approximate surface area is 109 Å². The summed E-state index contributed by atoms with van der Waals surface area (Å²) in [5, 5.41) is 4.61. The fraction of sp³-hybridized carbons (Fsp3) is 0.400. The van der Waals surface area contributed by atoms with Crippen LogP contribution in [-0.2, 0) is 6.54 Å². The Kier molecular flexibility index (Phi) is 3.53. The SMILES string of the molecule is Cc1ccc(C)c(-n2nc(CN)cc2C(C)C)c1. The van der Waals surface area contributed by atoms with Gasteiger partial charge in [-0.25, -0.2) is 4.68 Å². The summed E-state index contributed by atoms with van der Waals surface area (Å²) in [6, 6.07) is 8.54. The lowest BCUT2D eigenvalue weighted by Crippen LogP contribution is -2.06. The highest BCUT2D eigenvalue weighted by Crippen LogP contribution is 2.23. The average molecular weight is 243 g/mol. The molecule has 18 heavy (non-hydrogen) atoms. The molecule has 2 rings (SSSR count). The molecule has 0 atom stereocenters. The van der Waals surface area contributed by atoms with Crippen molar-refractivity contribution in [1.82, 2.24) is 9.78 Å². The monoisotopic (exact) mass is 243 g/mol. The lowest BCUT2D eigenvalue weighted by Gasteiger charge is -2.13. The second-order valence-electron chi connectivity index (χ2n) is 5.12. The molecule has 0 radical (unpaired) electrons. The first-order valence-electron chi connectivity index (χ1n) is 6.39. The zero-order valence-corrected chi connectivity index (χ0v) is 11.6. The van der Waals surface area contributed by atoms with Gasteiger partial charge in [0.2, 0.25) is 0 Å². The number of nitrogens with zero attached hydrogens (tertiary/aromatic N) is 2. The van der Waals surface area contributed by atoms with Crippen LogP contribution in [0.4, 0.5) is 0 Å². The Hall–Kier alpha value is -1.61. The molecule has 0 amide bonds. The summed E-state index contributed by atoms with van der Waals surface area (Å²) in [5.41, 5.74) is 11.5. The van der Waals surface area contributed by atoms with Crippen molar-refractivity contribution in [2.24, 2.45) is 5.73 Å². The molecule has 0 aliphatic carbocycles. The summed E-state index contributed by atoms with van der Waals surface area (Å²) in [6.07, 6.45) is 0. The molecular formula is C15H21N3. The number of aryl methyl sites for hydroxylation is 2. The fourth-order valence-corrected chi connectivity index (χ4v) is 2.10. The maximum atomic E-state index is 5.70. The Morgan fingerprint density at radius 3 is 2.56 bits per heavy atom. The van der Waals surface area contributed by atoms with E-state index < -0.39 is 0 Å². The predicted octanol–water partition coefficient (Wildman–Crippen LogP) is 3.07. The molecule has 0 bridgehead atoms. The van der Waals surface area contributed by atoms with Crippen LogP contribution in [0.2, 0.25) is 0 Å². The molecule has 0 aliphatic heterocycles. The van der Waals surface area contributed by atoms with E-state index in [1.807, 2.05) is 4.68 Å². The molecule has 0 aliphatic rings. The standard InChI is InChI=1S/C15H21N3/c1-10(2)14-8-13(9-16)17-18(14)15-7-11(3)5-6-12(15)4/h5-8,10H,9,16H2,1-4H3. The molecule has 0 saturated carbocycles. The average Bonchev–Trinajstić information content (AvgIpc) is 2.76. The topological polar surface area (TPSA) is 43.8 Å². The van der Waals surface area contributed by atoms with E-state index in [9.17, 15) is 0 Å². The minimum absolute atomic E-state index is 0.428. The number of benzene rings is 1. The lowest BCUT2D eigenvalue weighted by molar-refractivity contribution is 0.724. The molecule has 96 valence electrons. The summed E-state index contributed by atoms with van der Waals surface area (Å²) in [7, 11) is 0. The third-order valence-corrected chi connectivity index (χ3v) is 3.18. The molecule has 2 N–H and O–H groups in total. The lowest BCUT2D eigenvalue weighted by atomic mass is 10.1. The number of hydrogen-bond acceptors (Lipinski definition) is 2. The van der Waals surface area contributed by atoms with Gasteiger partial charge in [-0.1, -0.05) is 26.0 Å². The molecule has 0 fully saturated rings. The third kappa shape index (κ3) is 2.31. The van der Waals surface area contributed by atoms with E-state index in [0.29, 0.717) is 12.5 Å². The summed E-state index contributed by atoms with van der Waals surface area (Å²) in [4.78, 5) is 0. The van der Waals surface area contributed by atoms with Crippen LogP contribution in [0.3, 0.4) is 0 Å². The summed E-state index contributed by atoms with van der Waals surface area (Å²) >= 11 is 0. The van der Waals surface area contributed by atoms with E-state index in [1.54, 1.807) is 0 Å². The van der Waals surface area contributed by atoms with Crippen molar-refractivity contribution in [3.05, 3.63) is 46.8 Å². The van der Waals surface area contributed by atoms with Gasteiger partial charge in [-0.05, 0) is 43.0 Å². The van der Waals surface area contributed by atoms with Gasteiger partial charge >= 0.3 is 0 Å². The number of nitrogens with two attached hydrogens (primary N) is 1. The molecule has 3 heteroatoms. The molecule has 1 aromatic heterocycles. The normalized spacial score (nSPS) is 11.2. The molecule has 0 spiro atoms. The van der Waals surface area contributed by atoms with E-state index in [1.165, 1.54) is 16.8 Å². The van der Waals surface area contributed by atoms with Gasteiger partial charge in [0.15, 0.2) is 0 Å². The van der Waals surface area contributed by atoms with E-state index in [4.69, 9.17) is 5.73 Å². The van der Waals surface area contributed by atoms with Crippen molar-refractivity contribution in [3.8, 4) is 5.69 Å². The van der Waals surface area contributed by atoms with Gasteiger partial charge in [0, 0.05) is 12.2 Å². The van der Waals surface area contributed by atoms with Crippen molar-refractivity contribution in [3.63, 3.8) is 0 Å². The summed E-state index contributed by atoms with van der Waals surface area (Å²) in [6.45, 7) is 9.06. The van der Waals surface area contributed by atoms with Crippen molar-refractivity contribution >= 4 is 0 Å². The van der Waals surface area contributed by atoms with Crippen LogP contribution in [0, 0.1) is 13.8 Å². The van der Waals surface area contributed by atoms with Crippen molar-refractivity contribution in [1.29, 1.82) is 0 Å². The Morgan fingerprint density at radius 2 is 1.94 bits per heavy atom. The molecule has 2 aromatic rings. The van der Waals surface area contributed by atoms with Crippen LogP contribution in [0.5, 0.6) is 0 Å². The van der Waals surface area contributed by atoms with Crippen LogP contribution in [0.15, 0.2) is 24.3 Å². The quantitative estimate of drug-likeness (QED) is 0.900. The first-order chi connectivity index (χ1) is 8.52. The number of aromatic nitrogens is 2. The van der Waals surface area contributed by atoms with Gasteiger partial charge < -0.3 is 5.73 Å². The zero-order valence-electron chi connectivity index (χ0n) is 11.6. The van der Waals surface area contributed by atoms with Gasteiger partial charge in [-0.2, -0.15) is 5.10 Å². The van der Waals surface area contributed by atoms with Crippen LogP contribution >= 0.6 is 0 Å². The molecule has 3 nitrogen and oxygen atoms in total. The van der Waals surface area contributed by atoms with Crippen LogP contribution < -0.4 is 5.73 Å². The van der Waals surface area contributed by atoms with Crippen LogP contribution in [-0.4, -0.2) is 9.78 Å². The highest BCUT2D eigenvalue weighted by atomic mass is 15.3. The highest BCUT2D eigenvalue weighted by molar-refractivity contribution is 5.44. The zero-order chi connectivity index (χ0) is 13.3. The van der Waals surface area contributed by atoms with E-state index >= 15 is 0 Å². The second kappa shape index (κ2) is 4.94. The first kappa shape index (κ1) is 12.8. The van der Waals surface area contributed by atoms with Crippen molar-refractivity contribution in [2.75, 3.05) is 0 Å². The Morgan fingerprint density at radius 1 is 1.22 bits per heavy atom. The second-order valence-corrected chi connectivity index (χ2v) is 5.12. The number of rotatable bonds is 3. The van der Waals surface area contributed by atoms with Crippen LogP contribution in [0.25, 0.3) is 5.69 Å². The maximum absolute atomic E-state index is 5.70. The molecule has 0 saturated heterocycles. The molecule has 0 unspecified atom stereocenters. The van der Waals surface area contributed by atoms with Gasteiger partial charge in [0.1, 0.15) is 0 Å². The van der Waals surface area contributed by atoms with Gasteiger partial charge in [0.05, 0.1) is 11.4 Å². The number of hydrogen-bond donors (Lipinski definition) is 1. The smallest absolute Gasteiger partial charge is 0.0767 e. The first-order valence-corrected chi connectivity index (χ1v) is 6.39. The summed E-state index contributed by atoms with van der Waals surface area (Å²) in [5.74, 6) is 0.428. The van der Waals surface area contributed by atoms with E-state index in [0.717, 1.165) is 11.4 Å². The van der Waals surface area contributed by atoms with E-state index in [2.05, 4.69) is 57.1 Å². The van der Waals surface area contributed by atoms with Crippen molar-refractivity contribution in [2.45, 2.75) is 40.2 Å². The van der Waals surface area contributed by atoms with Crippen LogP contribution in [0.1, 0.15) is 42.3 Å². The molecule has 1 aromatic carbocycles. The third-order valence-electron chi connectivity index (χ3n) is 3.18. The summed E-state index contributed by atoms with van der Waals surface area (Å²) < 4.78 is 2.04. The minimum Gasteiger partial charge on any atom is -0.325 e. The molecular weight excluding hydrogens is 222 g/mol. The van der Waals surface area contributed by atoms with Gasteiger partial charge in [-0.15, -0.1) is 0 Å². The molecule has 1 heterocycles. The predicted molar refractivity (Wildman–Crippen MR) is 75.0 cm³/mol. The largest absolute Gasteiger partial charge is 0.325 e. The highest BCUT2D eigenvalue weighted by Gasteiger charge is 2.13. The van der Waals surface area contributed by atoms with Gasteiger partial charge in [0.25, 0.3) is 0 Å². The van der Waals surface area contributed by atoms with E-state index in [-0.39, 0.29) is 0 Å². The Balaban J connectivity index is 2.62. The fourth-order valence-electron chi connectivity index (χ4n) is 2.10. The Bertz CT molecular complexity index is 553. The van der Waals surface area contributed by atoms with Crippen molar-refractivity contribution < 1.29 is 0 Å². The maximum Gasteiger partial charge on any atom is 0.0767 e.